The van der Waals surface area contributed by atoms with E-state index in [4.69, 9.17) is 23.2 Å². The van der Waals surface area contributed by atoms with Gasteiger partial charge < -0.3 is 5.32 Å². The van der Waals surface area contributed by atoms with Gasteiger partial charge in [0, 0.05) is 12.6 Å². The molecule has 0 atom stereocenters. The third-order valence-electron chi connectivity index (χ3n) is 3.24. The van der Waals surface area contributed by atoms with E-state index in [1.54, 1.807) is 0 Å². The van der Waals surface area contributed by atoms with Crippen LogP contribution in [0.3, 0.4) is 0 Å². The lowest BCUT2D eigenvalue weighted by atomic mass is 10.1. The van der Waals surface area contributed by atoms with Gasteiger partial charge in [-0.3, -0.25) is 4.79 Å². The zero-order valence-corrected chi connectivity index (χ0v) is 11.8. The van der Waals surface area contributed by atoms with Gasteiger partial charge in [0.05, 0.1) is 10.0 Å². The number of carbonyl (C=O) groups is 1. The predicted octanol–water partition coefficient (Wildman–Crippen LogP) is 4.52. The van der Waals surface area contributed by atoms with E-state index in [1.807, 2.05) is 30.3 Å². The topological polar surface area (TPSA) is 29.1 Å². The van der Waals surface area contributed by atoms with Crippen molar-refractivity contribution >= 4 is 34.8 Å². The van der Waals surface area contributed by atoms with E-state index >= 15 is 0 Å². The molecule has 1 amide bonds. The first-order valence-electron chi connectivity index (χ1n) is 5.93. The van der Waals surface area contributed by atoms with E-state index in [0.717, 1.165) is 23.2 Å². The number of carbonyl (C=O) groups excluding carboxylic acids is 1. The number of amides is 1. The molecule has 96 valence electrons. The Morgan fingerprint density at radius 1 is 1.05 bits per heavy atom. The maximum absolute atomic E-state index is 11.1. The van der Waals surface area contributed by atoms with Gasteiger partial charge in [-0.15, -0.1) is 0 Å². The van der Waals surface area contributed by atoms with Crippen molar-refractivity contribution in [1.82, 2.24) is 0 Å². The maximum Gasteiger partial charge on any atom is 0.221 e. The molecule has 0 saturated heterocycles. The Morgan fingerprint density at radius 3 is 2.47 bits per heavy atom. The SMILES string of the molecule is CC(=O)Nc1ccc2c(c1)Cc1cc(Cl)c(Cl)cc1-2. The molecule has 0 fully saturated rings. The molecule has 0 spiro atoms. The third-order valence-corrected chi connectivity index (χ3v) is 3.96. The number of nitrogens with one attached hydrogen (secondary N) is 1. The van der Waals surface area contributed by atoms with Gasteiger partial charge in [0.1, 0.15) is 0 Å². The number of hydrogen-bond acceptors (Lipinski definition) is 1. The first-order valence-corrected chi connectivity index (χ1v) is 6.69. The van der Waals surface area contributed by atoms with Crippen molar-refractivity contribution in [2.75, 3.05) is 5.32 Å². The Labute approximate surface area is 121 Å². The first-order chi connectivity index (χ1) is 9.04. The van der Waals surface area contributed by atoms with Gasteiger partial charge in [0.25, 0.3) is 0 Å². The Balaban J connectivity index is 2.06. The third kappa shape index (κ3) is 2.22. The van der Waals surface area contributed by atoms with E-state index in [9.17, 15) is 4.79 Å². The highest BCUT2D eigenvalue weighted by Crippen LogP contribution is 2.41. The smallest absolute Gasteiger partial charge is 0.221 e. The molecule has 19 heavy (non-hydrogen) atoms. The van der Waals surface area contributed by atoms with E-state index in [0.29, 0.717) is 10.0 Å². The standard InChI is InChI=1S/C15H11Cl2NO/c1-8(19)18-11-2-3-12-9(5-11)4-10-6-14(16)15(17)7-13(10)12/h2-3,5-7H,4H2,1H3,(H,18,19). The Kier molecular flexibility index (Phi) is 3.00. The maximum atomic E-state index is 11.1. The fourth-order valence-electron chi connectivity index (χ4n) is 2.47. The average molecular weight is 292 g/mol. The highest BCUT2D eigenvalue weighted by Gasteiger charge is 2.20. The van der Waals surface area contributed by atoms with Crippen LogP contribution in [0.4, 0.5) is 5.69 Å². The summed E-state index contributed by atoms with van der Waals surface area (Å²) >= 11 is 12.1. The molecule has 0 aromatic heterocycles. The zero-order chi connectivity index (χ0) is 13.6. The van der Waals surface area contributed by atoms with Crippen molar-refractivity contribution in [3.05, 3.63) is 51.5 Å². The van der Waals surface area contributed by atoms with Crippen molar-refractivity contribution in [2.24, 2.45) is 0 Å². The zero-order valence-electron chi connectivity index (χ0n) is 10.3. The highest BCUT2D eigenvalue weighted by atomic mass is 35.5. The summed E-state index contributed by atoms with van der Waals surface area (Å²) in [6.07, 6.45) is 0.814. The fraction of sp³-hybridized carbons (Fsp3) is 0.133. The number of hydrogen-bond donors (Lipinski definition) is 1. The molecular weight excluding hydrogens is 281 g/mol. The lowest BCUT2D eigenvalue weighted by Gasteiger charge is -2.06. The van der Waals surface area contributed by atoms with Crippen LogP contribution < -0.4 is 5.32 Å². The molecule has 0 saturated carbocycles. The first kappa shape index (κ1) is 12.5. The summed E-state index contributed by atoms with van der Waals surface area (Å²) < 4.78 is 0. The Hall–Kier alpha value is -1.51. The molecule has 1 aliphatic rings. The van der Waals surface area contributed by atoms with Crippen molar-refractivity contribution in [2.45, 2.75) is 13.3 Å². The summed E-state index contributed by atoms with van der Waals surface area (Å²) in [6.45, 7) is 1.50. The second-order valence-electron chi connectivity index (χ2n) is 4.65. The van der Waals surface area contributed by atoms with Gasteiger partial charge in [-0.05, 0) is 52.9 Å². The minimum atomic E-state index is -0.0680. The van der Waals surface area contributed by atoms with Crippen molar-refractivity contribution in [1.29, 1.82) is 0 Å². The highest BCUT2D eigenvalue weighted by molar-refractivity contribution is 6.42. The van der Waals surface area contributed by atoms with E-state index in [2.05, 4.69) is 5.32 Å². The fourth-order valence-corrected chi connectivity index (χ4v) is 2.82. The molecule has 0 unspecified atom stereocenters. The van der Waals surface area contributed by atoms with Gasteiger partial charge in [0.15, 0.2) is 0 Å². The molecule has 4 heteroatoms. The second kappa shape index (κ2) is 4.55. The van der Waals surface area contributed by atoms with E-state index in [1.165, 1.54) is 18.1 Å². The van der Waals surface area contributed by atoms with Gasteiger partial charge in [-0.1, -0.05) is 29.3 Å². The van der Waals surface area contributed by atoms with Crippen LogP contribution in [0.2, 0.25) is 10.0 Å². The van der Waals surface area contributed by atoms with Crippen LogP contribution in [0.15, 0.2) is 30.3 Å². The summed E-state index contributed by atoms with van der Waals surface area (Å²) in [5, 5.41) is 3.94. The largest absolute Gasteiger partial charge is 0.326 e. The molecule has 0 radical (unpaired) electrons. The molecule has 1 N–H and O–H groups in total. The average Bonchev–Trinajstić information content (AvgIpc) is 2.66. The number of halogens is 2. The predicted molar refractivity (Wildman–Crippen MR) is 79.0 cm³/mol. The van der Waals surface area contributed by atoms with Gasteiger partial charge >= 0.3 is 0 Å². The number of anilines is 1. The van der Waals surface area contributed by atoms with Gasteiger partial charge in [-0.25, -0.2) is 0 Å². The summed E-state index contributed by atoms with van der Waals surface area (Å²) in [4.78, 5) is 11.1. The summed E-state index contributed by atoms with van der Waals surface area (Å²) in [5.74, 6) is -0.0680. The summed E-state index contributed by atoms with van der Waals surface area (Å²) in [5.41, 5.74) is 5.45. The lowest BCUT2D eigenvalue weighted by molar-refractivity contribution is -0.114. The molecule has 0 bridgehead atoms. The van der Waals surface area contributed by atoms with Gasteiger partial charge in [0.2, 0.25) is 5.91 Å². The molecule has 3 rings (SSSR count). The Bertz CT molecular complexity index is 695. The molecule has 2 nitrogen and oxygen atoms in total. The minimum Gasteiger partial charge on any atom is -0.326 e. The molecule has 0 heterocycles. The number of benzene rings is 2. The molecular formula is C15H11Cl2NO. The van der Waals surface area contributed by atoms with Crippen LogP contribution in [0.1, 0.15) is 18.1 Å². The summed E-state index contributed by atoms with van der Waals surface area (Å²) in [7, 11) is 0. The van der Waals surface area contributed by atoms with E-state index < -0.39 is 0 Å². The van der Waals surface area contributed by atoms with Crippen molar-refractivity contribution < 1.29 is 4.79 Å². The van der Waals surface area contributed by atoms with Crippen LogP contribution in [0, 0.1) is 0 Å². The van der Waals surface area contributed by atoms with Crippen LogP contribution in [-0.2, 0) is 11.2 Å². The normalized spacial score (nSPS) is 11.9. The summed E-state index contributed by atoms with van der Waals surface area (Å²) in [6, 6.07) is 9.73. The molecule has 1 aliphatic carbocycles. The second-order valence-corrected chi connectivity index (χ2v) is 5.47. The van der Waals surface area contributed by atoms with Crippen LogP contribution in [0.25, 0.3) is 11.1 Å². The van der Waals surface area contributed by atoms with Crippen molar-refractivity contribution in [3.8, 4) is 11.1 Å². The van der Waals surface area contributed by atoms with Crippen LogP contribution >= 0.6 is 23.2 Å². The lowest BCUT2D eigenvalue weighted by Crippen LogP contribution is -2.05. The van der Waals surface area contributed by atoms with Gasteiger partial charge in [-0.2, -0.15) is 0 Å². The van der Waals surface area contributed by atoms with E-state index in [-0.39, 0.29) is 5.91 Å². The van der Waals surface area contributed by atoms with Crippen LogP contribution in [-0.4, -0.2) is 5.91 Å². The molecule has 2 aromatic carbocycles. The minimum absolute atomic E-state index is 0.0680. The quantitative estimate of drug-likeness (QED) is 0.701. The molecule has 0 aliphatic heterocycles. The number of fused-ring (bicyclic) bond motifs is 3. The molecule has 2 aromatic rings. The van der Waals surface area contributed by atoms with Crippen molar-refractivity contribution in [3.63, 3.8) is 0 Å². The monoisotopic (exact) mass is 291 g/mol. The Morgan fingerprint density at radius 2 is 1.74 bits per heavy atom. The number of rotatable bonds is 1. The van der Waals surface area contributed by atoms with Crippen LogP contribution in [0.5, 0.6) is 0 Å².